The van der Waals surface area contributed by atoms with Gasteiger partial charge in [-0.1, -0.05) is 51.3 Å². The molecule has 0 aliphatic carbocycles. The third kappa shape index (κ3) is 7.29. The highest BCUT2D eigenvalue weighted by Gasteiger charge is 2.41. The molecule has 2 unspecified atom stereocenters. The Morgan fingerprint density at radius 1 is 1.02 bits per heavy atom. The smallest absolute Gasteiger partial charge is 0.303 e. The number of nitrogens with zero attached hydrogens (tertiary/aromatic N) is 2. The molecule has 4 rings (SSSR count). The summed E-state index contributed by atoms with van der Waals surface area (Å²) in [5, 5.41) is 18.4. The molecule has 12 nitrogen and oxygen atoms in total. The molecule has 2 aromatic rings. The summed E-state index contributed by atoms with van der Waals surface area (Å²) in [6.45, 7) is 4.21. The number of para-hydroxylation sites is 1. The maximum Gasteiger partial charge on any atom is 0.303 e. The highest BCUT2D eigenvalue weighted by atomic mass is 16.6. The molecule has 2 aliphatic heterocycles. The van der Waals surface area contributed by atoms with Crippen LogP contribution in [0.2, 0.25) is 0 Å². The second-order valence-corrected chi connectivity index (χ2v) is 11.5. The summed E-state index contributed by atoms with van der Waals surface area (Å²) in [5.74, 6) is -2.89. The van der Waals surface area contributed by atoms with Crippen molar-refractivity contribution in [1.82, 2.24) is 25.6 Å². The van der Waals surface area contributed by atoms with Gasteiger partial charge in [-0.3, -0.25) is 24.0 Å². The van der Waals surface area contributed by atoms with E-state index in [0.717, 1.165) is 12.8 Å². The van der Waals surface area contributed by atoms with Crippen molar-refractivity contribution in [1.29, 1.82) is 0 Å². The number of fused-ring (bicyclic) bond motifs is 2. The van der Waals surface area contributed by atoms with Gasteiger partial charge in [0, 0.05) is 23.9 Å². The molecule has 1 aromatic carbocycles. The first kappa shape index (κ1) is 31.8. The molecule has 0 radical (unpaired) electrons. The van der Waals surface area contributed by atoms with Crippen molar-refractivity contribution in [3.63, 3.8) is 0 Å². The van der Waals surface area contributed by atoms with E-state index in [4.69, 9.17) is 9.94 Å². The molecule has 0 saturated carbocycles. The van der Waals surface area contributed by atoms with Crippen LogP contribution in [-0.2, 0) is 24.0 Å². The number of carboxylic acid groups (broad SMARTS) is 1. The lowest BCUT2D eigenvalue weighted by Gasteiger charge is -2.39. The van der Waals surface area contributed by atoms with Crippen molar-refractivity contribution in [2.75, 3.05) is 13.7 Å². The normalized spacial score (nSPS) is 24.2. The lowest BCUT2D eigenvalue weighted by molar-refractivity contribution is -0.147. The fraction of sp³-hybridized carbons (Fsp3) is 0.581. The molecule has 4 amide bonds. The van der Waals surface area contributed by atoms with Crippen LogP contribution in [0.4, 0.5) is 0 Å². The summed E-state index contributed by atoms with van der Waals surface area (Å²) >= 11 is 0. The van der Waals surface area contributed by atoms with E-state index in [1.165, 1.54) is 11.8 Å². The van der Waals surface area contributed by atoms with Crippen molar-refractivity contribution in [3.8, 4) is 0 Å². The zero-order valence-electron chi connectivity index (χ0n) is 25.1. The second-order valence-electron chi connectivity index (χ2n) is 11.5. The lowest BCUT2D eigenvalue weighted by Crippen LogP contribution is -2.62. The Morgan fingerprint density at radius 2 is 1.79 bits per heavy atom. The predicted molar refractivity (Wildman–Crippen MR) is 159 cm³/mol. The van der Waals surface area contributed by atoms with E-state index in [2.05, 4.69) is 16.0 Å². The summed E-state index contributed by atoms with van der Waals surface area (Å²) in [6.07, 6.45) is 5.99. The van der Waals surface area contributed by atoms with Crippen LogP contribution in [-0.4, -0.2) is 76.1 Å². The molecule has 2 fully saturated rings. The number of carbonyl (C=O) groups excluding carboxylic acids is 4. The maximum absolute atomic E-state index is 14.1. The van der Waals surface area contributed by atoms with Crippen LogP contribution >= 0.6 is 0 Å². The molecule has 3 heterocycles. The molecule has 2 saturated heterocycles. The molecule has 0 spiro atoms. The third-order valence-electron chi connectivity index (χ3n) is 8.65. The molecule has 2 aliphatic rings. The SMILES string of the molecule is CCC(C)C1NC(=O)[C@H](c2cn(OC)c3ccccc23)NC(=O)[C@H](CCCCCC(=O)O)NC(=O)[C@H]2CCCCN2C1=O. The largest absolute Gasteiger partial charge is 0.481 e. The van der Waals surface area contributed by atoms with Crippen LogP contribution < -0.4 is 20.8 Å². The molecule has 12 heteroatoms. The molecular formula is C31H43N5O7. The maximum atomic E-state index is 14.1. The average molecular weight is 598 g/mol. The highest BCUT2D eigenvalue weighted by molar-refractivity contribution is 6.00. The molecule has 43 heavy (non-hydrogen) atoms. The van der Waals surface area contributed by atoms with Crippen LogP contribution in [0, 0.1) is 5.92 Å². The average Bonchev–Trinajstić information content (AvgIpc) is 3.38. The van der Waals surface area contributed by atoms with Crippen molar-refractivity contribution in [2.45, 2.75) is 95.8 Å². The minimum absolute atomic E-state index is 0.0194. The van der Waals surface area contributed by atoms with E-state index in [1.54, 1.807) is 11.1 Å². The molecule has 234 valence electrons. The molecule has 5 atom stereocenters. The second kappa shape index (κ2) is 14.4. The van der Waals surface area contributed by atoms with E-state index in [0.29, 0.717) is 55.1 Å². The molecular weight excluding hydrogens is 554 g/mol. The number of hydrogen-bond donors (Lipinski definition) is 4. The first-order valence-corrected chi connectivity index (χ1v) is 15.2. The van der Waals surface area contributed by atoms with Crippen LogP contribution in [0.15, 0.2) is 30.5 Å². The zero-order chi connectivity index (χ0) is 31.1. The summed E-state index contributed by atoms with van der Waals surface area (Å²) in [7, 11) is 1.50. The van der Waals surface area contributed by atoms with Crippen molar-refractivity contribution >= 4 is 40.5 Å². The summed E-state index contributed by atoms with van der Waals surface area (Å²) in [5.41, 5.74) is 1.18. The standard InChI is InChI=1S/C31H43N5O7/c1-4-19(2)26-31(42)35-17-11-10-15-24(35)29(40)32-22(13-6-5-7-16-25(37)38)28(39)34-27(30(41)33-26)21-18-36(43-3)23-14-9-8-12-20(21)23/h8-9,12,14,18-19,22,24,26-27H,4-7,10-11,13,15-17H2,1-3H3,(H,32,40)(H,33,41)(H,34,39)(H,37,38)/t19?,22-,24+,26?,27-/m0/s1. The van der Waals surface area contributed by atoms with Gasteiger partial charge in [0.15, 0.2) is 0 Å². The van der Waals surface area contributed by atoms with Gasteiger partial charge in [-0.15, -0.1) is 0 Å². The van der Waals surface area contributed by atoms with Crippen LogP contribution in [0.1, 0.15) is 83.2 Å². The number of carbonyl (C=O) groups is 5. The number of unbranched alkanes of at least 4 members (excludes halogenated alkanes) is 2. The van der Waals surface area contributed by atoms with Gasteiger partial charge in [0.2, 0.25) is 23.6 Å². The van der Waals surface area contributed by atoms with E-state index in [9.17, 15) is 24.0 Å². The van der Waals surface area contributed by atoms with Gasteiger partial charge in [0.1, 0.15) is 31.3 Å². The summed E-state index contributed by atoms with van der Waals surface area (Å²) in [6, 6.07) is 3.52. The minimum Gasteiger partial charge on any atom is -0.481 e. The predicted octanol–water partition coefficient (Wildman–Crippen LogP) is 2.30. The van der Waals surface area contributed by atoms with Gasteiger partial charge in [0.25, 0.3) is 0 Å². The first-order valence-electron chi connectivity index (χ1n) is 15.2. The van der Waals surface area contributed by atoms with Gasteiger partial charge < -0.3 is 30.8 Å². The molecule has 1 aromatic heterocycles. The zero-order valence-corrected chi connectivity index (χ0v) is 25.1. The van der Waals surface area contributed by atoms with E-state index >= 15 is 0 Å². The number of aromatic nitrogens is 1. The van der Waals surface area contributed by atoms with Crippen LogP contribution in [0.25, 0.3) is 10.9 Å². The number of amides is 4. The topological polar surface area (TPSA) is 159 Å². The summed E-state index contributed by atoms with van der Waals surface area (Å²) in [4.78, 5) is 73.6. The number of carboxylic acids is 1. The minimum atomic E-state index is -1.18. The van der Waals surface area contributed by atoms with Gasteiger partial charge in [-0.2, -0.15) is 4.73 Å². The number of rotatable bonds is 10. The molecule has 0 bridgehead atoms. The number of hydrogen-bond acceptors (Lipinski definition) is 6. The van der Waals surface area contributed by atoms with Gasteiger partial charge in [-0.25, -0.2) is 0 Å². The van der Waals surface area contributed by atoms with Crippen molar-refractivity contribution in [3.05, 3.63) is 36.0 Å². The Bertz CT molecular complexity index is 1340. The monoisotopic (exact) mass is 597 g/mol. The van der Waals surface area contributed by atoms with Gasteiger partial charge >= 0.3 is 5.97 Å². The Hall–Kier alpha value is -4.09. The Labute approximate surface area is 251 Å². The summed E-state index contributed by atoms with van der Waals surface area (Å²) < 4.78 is 1.51. The quantitative estimate of drug-likeness (QED) is 0.306. The fourth-order valence-electron chi connectivity index (χ4n) is 5.99. The van der Waals surface area contributed by atoms with Gasteiger partial charge in [0.05, 0.1) is 11.7 Å². The van der Waals surface area contributed by atoms with Gasteiger partial charge in [-0.05, 0) is 44.1 Å². The molecule has 4 N–H and O–H groups in total. The first-order chi connectivity index (χ1) is 20.7. The Morgan fingerprint density at radius 3 is 2.51 bits per heavy atom. The number of benzene rings is 1. The Balaban J connectivity index is 1.74. The Kier molecular flexibility index (Phi) is 10.7. The highest BCUT2D eigenvalue weighted by Crippen LogP contribution is 2.28. The van der Waals surface area contributed by atoms with E-state index in [1.807, 2.05) is 38.1 Å². The fourth-order valence-corrected chi connectivity index (χ4v) is 5.99. The van der Waals surface area contributed by atoms with Crippen LogP contribution in [0.3, 0.4) is 0 Å². The number of piperidine rings is 1. The number of aliphatic carboxylic acids is 1. The number of nitrogens with one attached hydrogen (secondary N) is 3. The van der Waals surface area contributed by atoms with Crippen molar-refractivity contribution < 1.29 is 33.9 Å². The van der Waals surface area contributed by atoms with Crippen LogP contribution in [0.5, 0.6) is 0 Å². The van der Waals surface area contributed by atoms with E-state index < -0.39 is 47.9 Å². The van der Waals surface area contributed by atoms with E-state index in [-0.39, 0.29) is 24.7 Å². The van der Waals surface area contributed by atoms with Crippen molar-refractivity contribution in [2.24, 2.45) is 5.92 Å². The third-order valence-corrected chi connectivity index (χ3v) is 8.65. The lowest BCUT2D eigenvalue weighted by atomic mass is 9.93.